The third-order valence-corrected chi connectivity index (χ3v) is 11.0. The first kappa shape index (κ1) is 30.5. The lowest BCUT2D eigenvalue weighted by Gasteiger charge is -2.28. The van der Waals surface area contributed by atoms with Gasteiger partial charge in [-0.05, 0) is 102 Å². The Balaban J connectivity index is 1.17. The molecule has 0 saturated carbocycles. The van der Waals surface area contributed by atoms with E-state index in [0.29, 0.717) is 0 Å². The first-order valence-electron chi connectivity index (χ1n) is 18.5. The van der Waals surface area contributed by atoms with Crippen LogP contribution in [0.5, 0.6) is 0 Å². The van der Waals surface area contributed by atoms with Crippen LogP contribution in [0, 0.1) is 0 Å². The van der Waals surface area contributed by atoms with Crippen LogP contribution in [0.1, 0.15) is 0 Å². The van der Waals surface area contributed by atoms with Gasteiger partial charge in [0.2, 0.25) is 0 Å². The summed E-state index contributed by atoms with van der Waals surface area (Å²) < 4.78 is 6.86. The largest absolute Gasteiger partial charge is 0.454 e. The van der Waals surface area contributed by atoms with E-state index in [9.17, 15) is 0 Å². The van der Waals surface area contributed by atoms with E-state index in [1.807, 2.05) is 0 Å². The number of furan rings is 1. The van der Waals surface area contributed by atoms with E-state index >= 15 is 0 Å². The lowest BCUT2D eigenvalue weighted by molar-refractivity contribution is 0.669. The van der Waals surface area contributed by atoms with Crippen molar-refractivity contribution in [3.8, 4) is 22.3 Å². The Morgan fingerprint density at radius 2 is 0.907 bits per heavy atom. The number of para-hydroxylation sites is 1. The molecule has 11 aromatic rings. The number of hydrogen-bond donors (Lipinski definition) is 0. The van der Waals surface area contributed by atoms with Gasteiger partial charge >= 0.3 is 0 Å². The minimum Gasteiger partial charge on any atom is -0.454 e. The smallest absolute Gasteiger partial charge is 0.159 e. The summed E-state index contributed by atoms with van der Waals surface area (Å²) in [6.07, 6.45) is 0. The van der Waals surface area contributed by atoms with Gasteiger partial charge in [0, 0.05) is 21.8 Å². The van der Waals surface area contributed by atoms with Gasteiger partial charge in [-0.2, -0.15) is 0 Å². The fraction of sp³-hybridized carbons (Fsp3) is 0. The summed E-state index contributed by atoms with van der Waals surface area (Å²) in [5.74, 6) is 0. The number of fused-ring (bicyclic) bond motifs is 8. The van der Waals surface area contributed by atoms with Crippen molar-refractivity contribution >= 4 is 82.1 Å². The average molecular weight is 688 g/mol. The normalized spacial score (nSPS) is 11.7. The first-order chi connectivity index (χ1) is 26.8. The molecular weight excluding hydrogens is 655 g/mol. The van der Waals surface area contributed by atoms with Crippen molar-refractivity contribution in [2.45, 2.75) is 0 Å². The average Bonchev–Trinajstić information content (AvgIpc) is 3.61. The van der Waals surface area contributed by atoms with Gasteiger partial charge in [0.25, 0.3) is 0 Å². The zero-order valence-corrected chi connectivity index (χ0v) is 29.4. The highest BCUT2D eigenvalue weighted by Crippen LogP contribution is 2.47. The molecule has 0 bridgehead atoms. The zero-order valence-electron chi connectivity index (χ0n) is 29.4. The van der Waals surface area contributed by atoms with E-state index < -0.39 is 0 Å². The molecule has 54 heavy (non-hydrogen) atoms. The Kier molecular flexibility index (Phi) is 6.90. The molecule has 1 aromatic heterocycles. The van der Waals surface area contributed by atoms with E-state index in [4.69, 9.17) is 4.42 Å². The Bertz CT molecular complexity index is 3210. The minimum absolute atomic E-state index is 0.864. The van der Waals surface area contributed by atoms with Crippen molar-refractivity contribution < 1.29 is 4.42 Å². The second-order valence-electron chi connectivity index (χ2n) is 14.1. The van der Waals surface area contributed by atoms with Crippen molar-refractivity contribution in [1.82, 2.24) is 0 Å². The van der Waals surface area contributed by atoms with Crippen molar-refractivity contribution in [2.75, 3.05) is 4.90 Å². The molecule has 252 valence electrons. The fourth-order valence-corrected chi connectivity index (χ4v) is 8.48. The molecule has 0 atom stereocenters. The third-order valence-electron chi connectivity index (χ3n) is 11.0. The summed E-state index contributed by atoms with van der Waals surface area (Å²) in [6, 6.07) is 72.2. The van der Waals surface area contributed by atoms with Crippen LogP contribution < -0.4 is 4.90 Å². The second-order valence-corrected chi connectivity index (χ2v) is 14.1. The van der Waals surface area contributed by atoms with Crippen LogP contribution in [0.3, 0.4) is 0 Å². The number of nitrogens with zero attached hydrogens (tertiary/aromatic N) is 1. The molecule has 0 aliphatic carbocycles. The van der Waals surface area contributed by atoms with Gasteiger partial charge in [0.05, 0.1) is 11.4 Å². The van der Waals surface area contributed by atoms with Gasteiger partial charge in [-0.15, -0.1) is 0 Å². The third kappa shape index (κ3) is 4.81. The summed E-state index contributed by atoms with van der Waals surface area (Å²) in [5.41, 5.74) is 9.71. The molecule has 0 aliphatic heterocycles. The quantitative estimate of drug-likeness (QED) is 0.168. The summed E-state index contributed by atoms with van der Waals surface area (Å²) >= 11 is 0. The second kappa shape index (κ2) is 12.2. The Morgan fingerprint density at radius 3 is 1.69 bits per heavy atom. The van der Waals surface area contributed by atoms with Crippen LogP contribution in [-0.2, 0) is 0 Å². The monoisotopic (exact) mass is 687 g/mol. The van der Waals surface area contributed by atoms with Gasteiger partial charge < -0.3 is 9.32 Å². The number of hydrogen-bond acceptors (Lipinski definition) is 2. The van der Waals surface area contributed by atoms with Gasteiger partial charge in [-0.1, -0.05) is 158 Å². The topological polar surface area (TPSA) is 16.4 Å². The van der Waals surface area contributed by atoms with Gasteiger partial charge in [-0.3, -0.25) is 0 Å². The van der Waals surface area contributed by atoms with Crippen molar-refractivity contribution in [3.05, 3.63) is 200 Å². The van der Waals surface area contributed by atoms with Crippen LogP contribution in [0.15, 0.2) is 205 Å². The fourth-order valence-electron chi connectivity index (χ4n) is 8.48. The van der Waals surface area contributed by atoms with Gasteiger partial charge in [0.1, 0.15) is 5.58 Å². The zero-order chi connectivity index (χ0) is 35.6. The van der Waals surface area contributed by atoms with Crippen LogP contribution in [0.2, 0.25) is 0 Å². The highest BCUT2D eigenvalue weighted by atomic mass is 16.3. The molecule has 0 radical (unpaired) electrons. The number of benzene rings is 10. The van der Waals surface area contributed by atoms with Crippen molar-refractivity contribution in [2.24, 2.45) is 0 Å². The van der Waals surface area contributed by atoms with Gasteiger partial charge in [0.15, 0.2) is 5.58 Å². The minimum atomic E-state index is 0.864. The number of rotatable bonds is 5. The van der Waals surface area contributed by atoms with Crippen LogP contribution in [0.25, 0.3) is 87.3 Å². The van der Waals surface area contributed by atoms with E-state index in [1.165, 1.54) is 65.3 Å². The Hall–Kier alpha value is -7.16. The van der Waals surface area contributed by atoms with Gasteiger partial charge in [-0.25, -0.2) is 0 Å². The van der Waals surface area contributed by atoms with E-state index in [0.717, 1.165) is 39.0 Å². The maximum atomic E-state index is 6.86. The maximum Gasteiger partial charge on any atom is 0.159 e. The van der Waals surface area contributed by atoms with Crippen LogP contribution >= 0.6 is 0 Å². The Morgan fingerprint density at radius 1 is 0.315 bits per heavy atom. The van der Waals surface area contributed by atoms with E-state index in [2.05, 4.69) is 205 Å². The standard InChI is InChI=1S/C52H33NO/c1-2-13-34(14-3-1)35-25-27-39(28-26-35)53(50-24-12-23-46-48-31-36-15-4-5-16-37(36)33-51(48)54-52(46)50)49-30-29-44(42-20-10-11-22-45(42)49)47-32-38-17-6-7-18-40(38)41-19-8-9-21-43(41)47/h1-33H. The molecule has 0 amide bonds. The molecule has 2 nitrogen and oxygen atoms in total. The Labute approximate surface area is 312 Å². The molecule has 2 heteroatoms. The van der Waals surface area contributed by atoms with Crippen LogP contribution in [0.4, 0.5) is 17.1 Å². The SMILES string of the molecule is c1ccc(-c2ccc(N(c3ccc(-c4cc5ccccc5c5ccccc45)c4ccccc34)c3cccc4c3oc3cc5ccccc5cc34)cc2)cc1. The summed E-state index contributed by atoms with van der Waals surface area (Å²) in [4.78, 5) is 2.38. The summed E-state index contributed by atoms with van der Waals surface area (Å²) in [6.45, 7) is 0. The van der Waals surface area contributed by atoms with Crippen LogP contribution in [-0.4, -0.2) is 0 Å². The van der Waals surface area contributed by atoms with E-state index in [-0.39, 0.29) is 0 Å². The summed E-state index contributed by atoms with van der Waals surface area (Å²) in [7, 11) is 0. The highest BCUT2D eigenvalue weighted by molar-refractivity contribution is 6.18. The molecular formula is C52H33NO. The molecule has 11 rings (SSSR count). The molecule has 0 fully saturated rings. The van der Waals surface area contributed by atoms with Crippen molar-refractivity contribution in [1.29, 1.82) is 0 Å². The molecule has 1 heterocycles. The molecule has 0 N–H and O–H groups in total. The lowest BCUT2D eigenvalue weighted by atomic mass is 9.90. The molecule has 10 aromatic carbocycles. The summed E-state index contributed by atoms with van der Waals surface area (Å²) in [5, 5.41) is 12.0. The number of anilines is 3. The molecule has 0 aliphatic rings. The van der Waals surface area contributed by atoms with Crippen molar-refractivity contribution in [3.63, 3.8) is 0 Å². The molecule has 0 saturated heterocycles. The predicted octanol–water partition coefficient (Wildman–Crippen LogP) is 15.0. The first-order valence-corrected chi connectivity index (χ1v) is 18.5. The lowest BCUT2D eigenvalue weighted by Crippen LogP contribution is -2.11. The molecule has 0 unspecified atom stereocenters. The van der Waals surface area contributed by atoms with E-state index in [1.54, 1.807) is 0 Å². The highest BCUT2D eigenvalue weighted by Gasteiger charge is 2.23. The maximum absolute atomic E-state index is 6.86. The molecule has 0 spiro atoms. The predicted molar refractivity (Wildman–Crippen MR) is 229 cm³/mol.